The molecule has 0 fully saturated rings. The van der Waals surface area contributed by atoms with Gasteiger partial charge in [0.05, 0.1) is 5.69 Å². The fraction of sp³-hybridized carbons (Fsp3) is 0.176. The van der Waals surface area contributed by atoms with Crippen LogP contribution in [0.2, 0.25) is 0 Å². The first-order valence-electron chi connectivity index (χ1n) is 7.46. The van der Waals surface area contributed by atoms with Gasteiger partial charge in [-0.2, -0.15) is 0 Å². The van der Waals surface area contributed by atoms with E-state index in [0.717, 1.165) is 36.5 Å². The number of nitrogens with zero attached hydrogens (tertiary/aromatic N) is 5. The van der Waals surface area contributed by atoms with E-state index in [4.69, 9.17) is 0 Å². The predicted octanol–water partition coefficient (Wildman–Crippen LogP) is 2.20. The molecule has 0 unspecified atom stereocenters. The molecule has 0 saturated heterocycles. The Hall–Kier alpha value is -3.02. The maximum absolute atomic E-state index is 9.64. The summed E-state index contributed by atoms with van der Waals surface area (Å²) in [6, 6.07) is 9.08. The van der Waals surface area contributed by atoms with E-state index in [1.807, 2.05) is 18.3 Å². The molecule has 6 nitrogen and oxygen atoms in total. The number of rotatable bonds is 2. The van der Waals surface area contributed by atoms with Gasteiger partial charge in [0.2, 0.25) is 0 Å². The van der Waals surface area contributed by atoms with Crippen LogP contribution >= 0.6 is 0 Å². The van der Waals surface area contributed by atoms with Gasteiger partial charge >= 0.3 is 0 Å². The van der Waals surface area contributed by atoms with E-state index in [1.54, 1.807) is 30.6 Å². The molecule has 2 aromatic heterocycles. The average Bonchev–Trinajstić information content (AvgIpc) is 2.61. The van der Waals surface area contributed by atoms with Crippen LogP contribution in [0.4, 0.5) is 5.69 Å². The summed E-state index contributed by atoms with van der Waals surface area (Å²) in [5, 5.41) is 9.64. The van der Waals surface area contributed by atoms with Crippen LogP contribution in [0.5, 0.6) is 5.75 Å². The summed E-state index contributed by atoms with van der Waals surface area (Å²) in [6.07, 6.45) is 6.06. The Kier molecular flexibility index (Phi) is 3.34. The number of fused-ring (bicyclic) bond motifs is 1. The highest BCUT2D eigenvalue weighted by molar-refractivity contribution is 5.52. The molecule has 0 spiro atoms. The Morgan fingerprint density at radius 1 is 1.00 bits per heavy atom. The van der Waals surface area contributed by atoms with Gasteiger partial charge in [-0.3, -0.25) is 0 Å². The SMILES string of the molecule is Oc1cccc(N2CCc3nc(-c4ncccn4)ncc3C2)c1. The smallest absolute Gasteiger partial charge is 0.197 e. The second kappa shape index (κ2) is 5.64. The molecule has 0 radical (unpaired) electrons. The van der Waals surface area contributed by atoms with E-state index in [1.165, 1.54) is 0 Å². The highest BCUT2D eigenvalue weighted by Gasteiger charge is 2.19. The Morgan fingerprint density at radius 2 is 1.87 bits per heavy atom. The van der Waals surface area contributed by atoms with Crippen LogP contribution in [0.25, 0.3) is 11.6 Å². The van der Waals surface area contributed by atoms with Crippen LogP contribution in [0, 0.1) is 0 Å². The van der Waals surface area contributed by atoms with Crippen molar-refractivity contribution in [3.63, 3.8) is 0 Å². The van der Waals surface area contributed by atoms with E-state index < -0.39 is 0 Å². The van der Waals surface area contributed by atoms with Gasteiger partial charge in [0.1, 0.15) is 5.75 Å². The molecule has 0 amide bonds. The molecule has 0 atom stereocenters. The minimum atomic E-state index is 0.279. The minimum Gasteiger partial charge on any atom is -0.508 e. The molecule has 1 aliphatic rings. The second-order valence-electron chi connectivity index (χ2n) is 5.43. The molecule has 3 heterocycles. The Morgan fingerprint density at radius 3 is 2.70 bits per heavy atom. The number of hydrogen-bond donors (Lipinski definition) is 1. The summed E-state index contributed by atoms with van der Waals surface area (Å²) in [7, 11) is 0. The molecule has 3 aromatic rings. The third-order valence-corrected chi connectivity index (χ3v) is 3.89. The van der Waals surface area contributed by atoms with Crippen molar-refractivity contribution in [3.8, 4) is 17.4 Å². The van der Waals surface area contributed by atoms with Gasteiger partial charge in [-0.05, 0) is 18.2 Å². The maximum Gasteiger partial charge on any atom is 0.197 e. The molecule has 23 heavy (non-hydrogen) atoms. The van der Waals surface area contributed by atoms with Crippen molar-refractivity contribution in [1.29, 1.82) is 0 Å². The van der Waals surface area contributed by atoms with Crippen molar-refractivity contribution >= 4 is 5.69 Å². The first-order chi connectivity index (χ1) is 11.3. The Bertz CT molecular complexity index is 837. The van der Waals surface area contributed by atoms with E-state index in [2.05, 4.69) is 24.8 Å². The van der Waals surface area contributed by atoms with Gasteiger partial charge in [-0.1, -0.05) is 6.07 Å². The topological polar surface area (TPSA) is 75.0 Å². The lowest BCUT2D eigenvalue weighted by Crippen LogP contribution is -2.31. The third-order valence-electron chi connectivity index (χ3n) is 3.89. The minimum absolute atomic E-state index is 0.279. The van der Waals surface area contributed by atoms with Crippen LogP contribution in [0.1, 0.15) is 11.3 Å². The maximum atomic E-state index is 9.64. The molecule has 1 aliphatic heterocycles. The van der Waals surface area contributed by atoms with E-state index in [-0.39, 0.29) is 5.75 Å². The summed E-state index contributed by atoms with van der Waals surface area (Å²) in [4.78, 5) is 19.6. The van der Waals surface area contributed by atoms with Gasteiger partial charge in [0.25, 0.3) is 0 Å². The lowest BCUT2D eigenvalue weighted by Gasteiger charge is -2.30. The van der Waals surface area contributed by atoms with Crippen molar-refractivity contribution in [2.24, 2.45) is 0 Å². The fourth-order valence-corrected chi connectivity index (χ4v) is 2.75. The molecule has 1 N–H and O–H groups in total. The molecule has 1 aromatic carbocycles. The van der Waals surface area contributed by atoms with Crippen molar-refractivity contribution in [2.75, 3.05) is 11.4 Å². The highest BCUT2D eigenvalue weighted by Crippen LogP contribution is 2.26. The summed E-state index contributed by atoms with van der Waals surface area (Å²) >= 11 is 0. The van der Waals surface area contributed by atoms with Crippen LogP contribution in [-0.2, 0) is 13.0 Å². The van der Waals surface area contributed by atoms with Gasteiger partial charge in [0, 0.05) is 55.4 Å². The predicted molar refractivity (Wildman–Crippen MR) is 85.9 cm³/mol. The molecule has 6 heteroatoms. The number of phenols is 1. The first-order valence-corrected chi connectivity index (χ1v) is 7.46. The summed E-state index contributed by atoms with van der Waals surface area (Å²) in [5.41, 5.74) is 3.14. The molecule has 0 saturated carbocycles. The number of benzene rings is 1. The van der Waals surface area contributed by atoms with Crippen LogP contribution < -0.4 is 4.90 Å². The van der Waals surface area contributed by atoms with Crippen LogP contribution in [0.3, 0.4) is 0 Å². The van der Waals surface area contributed by atoms with Gasteiger partial charge in [-0.25, -0.2) is 19.9 Å². The molecule has 114 valence electrons. The third kappa shape index (κ3) is 2.70. The van der Waals surface area contributed by atoms with E-state index in [0.29, 0.717) is 11.6 Å². The van der Waals surface area contributed by atoms with Crippen LogP contribution in [0.15, 0.2) is 48.9 Å². The largest absolute Gasteiger partial charge is 0.508 e. The van der Waals surface area contributed by atoms with Crippen molar-refractivity contribution in [3.05, 3.63) is 60.2 Å². The number of anilines is 1. The van der Waals surface area contributed by atoms with E-state index >= 15 is 0 Å². The monoisotopic (exact) mass is 305 g/mol. The standard InChI is InChI=1S/C17H15N5O/c23-14-4-1-3-13(9-14)22-8-5-15-12(11-22)10-20-17(21-15)16-18-6-2-7-19-16/h1-4,6-7,9-10,23H,5,8,11H2. The highest BCUT2D eigenvalue weighted by atomic mass is 16.3. The molecule has 4 rings (SSSR count). The molecule has 0 aliphatic carbocycles. The summed E-state index contributed by atoms with van der Waals surface area (Å²) in [5.74, 6) is 1.39. The zero-order chi connectivity index (χ0) is 15.6. The van der Waals surface area contributed by atoms with Crippen molar-refractivity contribution < 1.29 is 5.11 Å². The van der Waals surface area contributed by atoms with Crippen molar-refractivity contribution in [1.82, 2.24) is 19.9 Å². The Balaban J connectivity index is 1.62. The number of phenolic OH excluding ortho intramolecular Hbond substituents is 1. The average molecular weight is 305 g/mol. The quantitative estimate of drug-likeness (QED) is 0.782. The van der Waals surface area contributed by atoms with Crippen molar-refractivity contribution in [2.45, 2.75) is 13.0 Å². The lowest BCUT2D eigenvalue weighted by atomic mass is 10.1. The number of aromatic nitrogens is 4. The number of hydrogen-bond acceptors (Lipinski definition) is 6. The fourth-order valence-electron chi connectivity index (χ4n) is 2.75. The lowest BCUT2D eigenvalue weighted by molar-refractivity contribution is 0.475. The summed E-state index contributed by atoms with van der Waals surface area (Å²) in [6.45, 7) is 1.58. The van der Waals surface area contributed by atoms with Gasteiger partial charge in [0.15, 0.2) is 11.6 Å². The van der Waals surface area contributed by atoms with Gasteiger partial charge < -0.3 is 10.0 Å². The molecular formula is C17H15N5O. The zero-order valence-corrected chi connectivity index (χ0v) is 12.4. The molecule has 0 bridgehead atoms. The van der Waals surface area contributed by atoms with E-state index in [9.17, 15) is 5.11 Å². The Labute approximate surface area is 133 Å². The normalized spacial score (nSPS) is 13.7. The molecular weight excluding hydrogens is 290 g/mol. The first kappa shape index (κ1) is 13.6. The number of aromatic hydroxyl groups is 1. The second-order valence-corrected chi connectivity index (χ2v) is 5.43. The summed E-state index contributed by atoms with van der Waals surface area (Å²) < 4.78 is 0. The van der Waals surface area contributed by atoms with Gasteiger partial charge in [-0.15, -0.1) is 0 Å². The van der Waals surface area contributed by atoms with Crippen LogP contribution in [-0.4, -0.2) is 31.6 Å². The zero-order valence-electron chi connectivity index (χ0n) is 12.4.